The average Bonchev–Trinajstić information content (AvgIpc) is 3.28. The molecule has 1 amide bonds. The summed E-state index contributed by atoms with van der Waals surface area (Å²) in [6.07, 6.45) is 0.238. The lowest BCUT2D eigenvalue weighted by molar-refractivity contribution is -0.115. The van der Waals surface area contributed by atoms with E-state index in [1.807, 2.05) is 48.5 Å². The minimum atomic E-state index is -0.404. The molecular formula is C22H25N3O4S. The number of nitrogens with one attached hydrogen (secondary N) is 1. The SMILES string of the molecule is COC(=O)c1cc(CN(C)Cc2csc(CC(=O)Nc3ccc(C)cc3)n2)oc1C. The molecule has 2 aromatic heterocycles. The summed E-state index contributed by atoms with van der Waals surface area (Å²) in [5.41, 5.74) is 3.25. The van der Waals surface area contributed by atoms with E-state index in [1.165, 1.54) is 18.4 Å². The van der Waals surface area contributed by atoms with Crippen LogP contribution in [0, 0.1) is 13.8 Å². The molecule has 158 valence electrons. The fourth-order valence-electron chi connectivity index (χ4n) is 3.01. The fraction of sp³-hybridized carbons (Fsp3) is 0.318. The Morgan fingerprint density at radius 3 is 2.63 bits per heavy atom. The van der Waals surface area contributed by atoms with E-state index in [0.29, 0.717) is 30.2 Å². The molecule has 2 heterocycles. The van der Waals surface area contributed by atoms with E-state index in [9.17, 15) is 9.59 Å². The molecule has 0 fully saturated rings. The third-order valence-electron chi connectivity index (χ3n) is 4.48. The molecule has 0 aliphatic heterocycles. The number of aryl methyl sites for hydroxylation is 2. The van der Waals surface area contributed by atoms with Crippen molar-refractivity contribution in [1.29, 1.82) is 0 Å². The monoisotopic (exact) mass is 427 g/mol. The Kier molecular flexibility index (Phi) is 7.02. The van der Waals surface area contributed by atoms with Crippen molar-refractivity contribution in [1.82, 2.24) is 9.88 Å². The summed E-state index contributed by atoms with van der Waals surface area (Å²) < 4.78 is 10.4. The highest BCUT2D eigenvalue weighted by atomic mass is 32.1. The predicted molar refractivity (Wildman–Crippen MR) is 116 cm³/mol. The van der Waals surface area contributed by atoms with Crippen LogP contribution >= 0.6 is 11.3 Å². The first-order valence-electron chi connectivity index (χ1n) is 9.50. The maximum Gasteiger partial charge on any atom is 0.341 e. The van der Waals surface area contributed by atoms with Gasteiger partial charge in [-0.05, 0) is 39.1 Å². The van der Waals surface area contributed by atoms with Crippen LogP contribution < -0.4 is 5.32 Å². The van der Waals surface area contributed by atoms with Crippen LogP contribution in [0.4, 0.5) is 5.69 Å². The molecular weight excluding hydrogens is 402 g/mol. The summed E-state index contributed by atoms with van der Waals surface area (Å²) >= 11 is 1.47. The third kappa shape index (κ3) is 5.77. The first kappa shape index (κ1) is 21.7. The van der Waals surface area contributed by atoms with E-state index in [0.717, 1.165) is 22.0 Å². The van der Waals surface area contributed by atoms with Gasteiger partial charge in [-0.1, -0.05) is 17.7 Å². The Labute approximate surface area is 179 Å². The number of rotatable bonds is 8. The lowest BCUT2D eigenvalue weighted by Gasteiger charge is -2.13. The molecule has 0 saturated carbocycles. The second-order valence-electron chi connectivity index (χ2n) is 7.17. The Morgan fingerprint density at radius 2 is 1.93 bits per heavy atom. The van der Waals surface area contributed by atoms with E-state index < -0.39 is 5.97 Å². The minimum Gasteiger partial charge on any atom is -0.465 e. The molecule has 0 saturated heterocycles. The highest BCUT2D eigenvalue weighted by Crippen LogP contribution is 2.19. The van der Waals surface area contributed by atoms with Crippen molar-refractivity contribution in [3.8, 4) is 0 Å². The smallest absolute Gasteiger partial charge is 0.341 e. The topological polar surface area (TPSA) is 84.7 Å². The van der Waals surface area contributed by atoms with E-state index >= 15 is 0 Å². The minimum absolute atomic E-state index is 0.0884. The van der Waals surface area contributed by atoms with Crippen molar-refractivity contribution < 1.29 is 18.7 Å². The highest BCUT2D eigenvalue weighted by Gasteiger charge is 2.17. The molecule has 0 radical (unpaired) electrons. The third-order valence-corrected chi connectivity index (χ3v) is 5.38. The number of furan rings is 1. The van der Waals surface area contributed by atoms with Crippen LogP contribution in [0.1, 0.15) is 38.1 Å². The van der Waals surface area contributed by atoms with Crippen LogP contribution in [-0.2, 0) is 29.0 Å². The van der Waals surface area contributed by atoms with Crippen molar-refractivity contribution in [2.24, 2.45) is 0 Å². The number of nitrogens with zero attached hydrogens (tertiary/aromatic N) is 2. The van der Waals surface area contributed by atoms with E-state index in [-0.39, 0.29) is 12.3 Å². The number of thiazole rings is 1. The first-order valence-corrected chi connectivity index (χ1v) is 10.4. The van der Waals surface area contributed by atoms with Gasteiger partial charge in [0.25, 0.3) is 0 Å². The van der Waals surface area contributed by atoms with Gasteiger partial charge < -0.3 is 14.5 Å². The number of amides is 1. The van der Waals surface area contributed by atoms with Gasteiger partial charge in [-0.15, -0.1) is 11.3 Å². The molecule has 7 nitrogen and oxygen atoms in total. The molecule has 0 spiro atoms. The van der Waals surface area contributed by atoms with Gasteiger partial charge in [0.1, 0.15) is 22.1 Å². The first-order chi connectivity index (χ1) is 14.3. The second-order valence-corrected chi connectivity index (χ2v) is 8.11. The maximum absolute atomic E-state index is 12.2. The largest absolute Gasteiger partial charge is 0.465 e. The van der Waals surface area contributed by atoms with Gasteiger partial charge in [0.05, 0.1) is 25.8 Å². The number of carbonyl (C=O) groups excluding carboxylic acids is 2. The highest BCUT2D eigenvalue weighted by molar-refractivity contribution is 7.09. The lowest BCUT2D eigenvalue weighted by atomic mass is 10.2. The summed E-state index contributed by atoms with van der Waals surface area (Å²) in [5, 5.41) is 5.61. The molecule has 0 aliphatic carbocycles. The molecule has 30 heavy (non-hydrogen) atoms. The van der Waals surface area contributed by atoms with Crippen molar-refractivity contribution >= 4 is 28.9 Å². The van der Waals surface area contributed by atoms with Gasteiger partial charge in [0.15, 0.2) is 0 Å². The molecule has 3 aromatic rings. The van der Waals surface area contributed by atoms with Gasteiger partial charge in [0.2, 0.25) is 5.91 Å². The Morgan fingerprint density at radius 1 is 1.20 bits per heavy atom. The normalized spacial score (nSPS) is 11.0. The van der Waals surface area contributed by atoms with Crippen LogP contribution in [-0.4, -0.2) is 35.9 Å². The number of methoxy groups -OCH3 is 1. The average molecular weight is 428 g/mol. The van der Waals surface area contributed by atoms with Gasteiger partial charge in [-0.2, -0.15) is 0 Å². The zero-order chi connectivity index (χ0) is 21.7. The van der Waals surface area contributed by atoms with Gasteiger partial charge in [-0.3, -0.25) is 9.69 Å². The van der Waals surface area contributed by atoms with Crippen LogP contribution in [0.2, 0.25) is 0 Å². The van der Waals surface area contributed by atoms with Crippen LogP contribution in [0.15, 0.2) is 40.1 Å². The molecule has 0 atom stereocenters. The number of anilines is 1. The number of carbonyl (C=O) groups is 2. The van der Waals surface area contributed by atoms with Crippen molar-refractivity contribution in [3.63, 3.8) is 0 Å². The molecule has 0 aliphatic rings. The Balaban J connectivity index is 1.52. The number of esters is 1. The fourth-order valence-corrected chi connectivity index (χ4v) is 3.80. The zero-order valence-corrected chi connectivity index (χ0v) is 18.3. The number of hydrogen-bond acceptors (Lipinski definition) is 7. The van der Waals surface area contributed by atoms with Crippen molar-refractivity contribution in [2.75, 3.05) is 19.5 Å². The summed E-state index contributed by atoms with van der Waals surface area (Å²) in [6, 6.07) is 9.40. The van der Waals surface area contributed by atoms with Gasteiger partial charge >= 0.3 is 5.97 Å². The lowest BCUT2D eigenvalue weighted by Crippen LogP contribution is -2.17. The second kappa shape index (κ2) is 9.69. The maximum atomic E-state index is 12.2. The molecule has 1 aromatic carbocycles. The summed E-state index contributed by atoms with van der Waals surface area (Å²) in [4.78, 5) is 30.6. The molecule has 0 bridgehead atoms. The van der Waals surface area contributed by atoms with Crippen molar-refractivity contribution in [2.45, 2.75) is 33.4 Å². The standard InChI is InChI=1S/C22H25N3O4S/c1-14-5-7-16(8-6-14)23-20(26)10-21-24-17(13-30-21)11-25(3)12-18-9-19(15(2)29-18)22(27)28-4/h5-9,13H,10-12H2,1-4H3,(H,23,26). The summed E-state index contributed by atoms with van der Waals surface area (Å²) in [5.74, 6) is 0.733. The summed E-state index contributed by atoms with van der Waals surface area (Å²) in [7, 11) is 3.29. The Bertz CT molecular complexity index is 1020. The van der Waals surface area contributed by atoms with E-state index in [1.54, 1.807) is 13.0 Å². The number of aromatic nitrogens is 1. The quantitative estimate of drug-likeness (QED) is 0.548. The summed E-state index contributed by atoms with van der Waals surface area (Å²) in [6.45, 7) is 4.87. The van der Waals surface area contributed by atoms with Crippen LogP contribution in [0.5, 0.6) is 0 Å². The molecule has 1 N–H and O–H groups in total. The van der Waals surface area contributed by atoms with Crippen LogP contribution in [0.3, 0.4) is 0 Å². The van der Waals surface area contributed by atoms with Gasteiger partial charge in [0, 0.05) is 17.6 Å². The predicted octanol–water partition coefficient (Wildman–Crippen LogP) is 3.95. The molecule has 8 heteroatoms. The molecule has 3 rings (SSSR count). The van der Waals surface area contributed by atoms with E-state index in [2.05, 4.69) is 10.3 Å². The molecule has 0 unspecified atom stereocenters. The van der Waals surface area contributed by atoms with Gasteiger partial charge in [-0.25, -0.2) is 9.78 Å². The number of hydrogen-bond donors (Lipinski definition) is 1. The zero-order valence-electron chi connectivity index (χ0n) is 17.5. The van der Waals surface area contributed by atoms with Crippen LogP contribution in [0.25, 0.3) is 0 Å². The Hall–Kier alpha value is -2.97. The number of ether oxygens (including phenoxy) is 1. The van der Waals surface area contributed by atoms with Crippen molar-refractivity contribution in [3.05, 3.63) is 69.1 Å². The number of benzene rings is 1. The van der Waals surface area contributed by atoms with E-state index in [4.69, 9.17) is 9.15 Å².